The number of nitrogens with two attached hydrogens (primary N) is 1. The standard InChI is InChI=1S/C28H32F3N3O8/c1-34(2)21-15-6-12-5-14-18(22(36)17(12)24(38)27(15,41)25(39)19(23(21)37)26(32)40)16(35)7-13(20(14)28(29,30)31)9-33-8-11-3-4-42-10-11/h7,11-12,15,21,33,35-36,39,41H,3-6,8-10H2,1-2H3,(H2,32,40)/t11?,12-,15-,21-,27-/m0/s1. The van der Waals surface area contributed by atoms with Crippen molar-refractivity contribution in [2.24, 2.45) is 23.5 Å². The Kier molecular flexibility index (Phi) is 7.41. The Labute approximate surface area is 238 Å². The molecule has 14 heteroatoms. The van der Waals surface area contributed by atoms with E-state index >= 15 is 0 Å². The van der Waals surface area contributed by atoms with Crippen LogP contribution in [0.5, 0.6) is 5.75 Å². The van der Waals surface area contributed by atoms with E-state index in [-0.39, 0.29) is 24.4 Å². The van der Waals surface area contributed by atoms with Crippen LogP contribution in [0.3, 0.4) is 0 Å². The number of nitrogens with zero attached hydrogens (tertiary/aromatic N) is 1. The highest BCUT2D eigenvalue weighted by molar-refractivity contribution is 6.24. The van der Waals surface area contributed by atoms with Crippen LogP contribution in [-0.4, -0.2) is 88.3 Å². The van der Waals surface area contributed by atoms with E-state index in [1.807, 2.05) is 0 Å². The molecule has 0 spiro atoms. The van der Waals surface area contributed by atoms with Crippen molar-refractivity contribution in [1.29, 1.82) is 0 Å². The predicted octanol–water partition coefficient (Wildman–Crippen LogP) is 1.11. The maximum Gasteiger partial charge on any atom is 0.417 e. The number of carbonyl (C=O) groups excluding carboxylic acids is 3. The molecular weight excluding hydrogens is 563 g/mol. The van der Waals surface area contributed by atoms with Gasteiger partial charge in [-0.2, -0.15) is 13.2 Å². The molecule has 1 amide bonds. The van der Waals surface area contributed by atoms with E-state index in [0.29, 0.717) is 19.8 Å². The first-order valence-electron chi connectivity index (χ1n) is 13.5. The summed E-state index contributed by atoms with van der Waals surface area (Å²) < 4.78 is 49.0. The van der Waals surface area contributed by atoms with Gasteiger partial charge in [0.15, 0.2) is 11.4 Å². The summed E-state index contributed by atoms with van der Waals surface area (Å²) in [5.41, 5.74) is -1.41. The molecule has 0 radical (unpaired) electrons. The van der Waals surface area contributed by atoms with Crippen molar-refractivity contribution in [3.63, 3.8) is 0 Å². The van der Waals surface area contributed by atoms with Gasteiger partial charge in [0.25, 0.3) is 5.91 Å². The second-order valence-electron chi connectivity index (χ2n) is 11.6. The van der Waals surface area contributed by atoms with Gasteiger partial charge in [0.05, 0.1) is 23.8 Å². The minimum absolute atomic E-state index is 0.135. The second-order valence-corrected chi connectivity index (χ2v) is 11.6. The number of aromatic hydroxyl groups is 1. The summed E-state index contributed by atoms with van der Waals surface area (Å²) in [7, 11) is 2.87. The first-order chi connectivity index (χ1) is 19.6. The Balaban J connectivity index is 1.64. The molecule has 11 nitrogen and oxygen atoms in total. The molecule has 1 aromatic rings. The fourth-order valence-electron chi connectivity index (χ4n) is 7.03. The Hall–Kier alpha value is -3.46. The Morgan fingerprint density at radius 2 is 1.93 bits per heavy atom. The van der Waals surface area contributed by atoms with E-state index in [2.05, 4.69) is 5.32 Å². The molecule has 1 aliphatic heterocycles. The number of amides is 1. The number of benzene rings is 1. The van der Waals surface area contributed by atoms with Crippen molar-refractivity contribution in [3.8, 4) is 5.75 Å². The largest absolute Gasteiger partial charge is 0.508 e. The van der Waals surface area contributed by atoms with Crippen LogP contribution in [0, 0.1) is 17.8 Å². The van der Waals surface area contributed by atoms with Crippen LogP contribution in [-0.2, 0) is 38.3 Å². The van der Waals surface area contributed by atoms with Crippen LogP contribution in [0.2, 0.25) is 0 Å². The van der Waals surface area contributed by atoms with Gasteiger partial charge in [-0.05, 0) is 62.4 Å². The average Bonchev–Trinajstić information content (AvgIpc) is 3.38. The summed E-state index contributed by atoms with van der Waals surface area (Å²) in [5.74, 6) is -8.94. The van der Waals surface area contributed by atoms with Crippen LogP contribution in [0.1, 0.15) is 35.1 Å². The number of hydrogen-bond acceptors (Lipinski definition) is 10. The monoisotopic (exact) mass is 595 g/mol. The fraction of sp³-hybridized carbons (Fsp3) is 0.536. The van der Waals surface area contributed by atoms with Gasteiger partial charge in [-0.3, -0.25) is 19.3 Å². The SMILES string of the molecule is CN(C)[C@@H]1C(=O)C(C(N)=O)=C(O)[C@@]2(O)C(=O)C3=C(O)c4c(O)cc(CNCC5CCOC5)c(C(F)(F)F)c4C[C@H]3C[C@@H]12. The zero-order valence-electron chi connectivity index (χ0n) is 22.9. The highest BCUT2D eigenvalue weighted by Crippen LogP contribution is 2.54. The first-order valence-corrected chi connectivity index (χ1v) is 13.5. The number of likely N-dealkylation sites (N-methyl/N-ethyl adjacent to an activating group) is 1. The lowest BCUT2D eigenvalue weighted by Crippen LogP contribution is -2.65. The summed E-state index contributed by atoms with van der Waals surface area (Å²) in [4.78, 5) is 40.4. The highest BCUT2D eigenvalue weighted by Gasteiger charge is 2.64. The van der Waals surface area contributed by atoms with E-state index in [1.54, 1.807) is 0 Å². The zero-order valence-corrected chi connectivity index (χ0v) is 22.9. The summed E-state index contributed by atoms with van der Waals surface area (Å²) in [6.07, 6.45) is -4.90. The Bertz CT molecular complexity index is 1430. The molecule has 1 heterocycles. The number of alkyl halides is 3. The Morgan fingerprint density at radius 1 is 1.24 bits per heavy atom. The smallest absolute Gasteiger partial charge is 0.417 e. The van der Waals surface area contributed by atoms with Gasteiger partial charge in [-0.15, -0.1) is 0 Å². The van der Waals surface area contributed by atoms with Crippen LogP contribution in [0.25, 0.3) is 5.76 Å². The third kappa shape index (κ3) is 4.48. The van der Waals surface area contributed by atoms with Crippen LogP contribution in [0.4, 0.5) is 13.2 Å². The number of rotatable bonds is 6. The van der Waals surface area contributed by atoms with E-state index < -0.39 is 98.7 Å². The number of phenolic OH excluding ortho intramolecular Hbond substituents is 1. The molecule has 5 atom stereocenters. The topological polar surface area (TPSA) is 183 Å². The van der Waals surface area contributed by atoms with Crippen molar-refractivity contribution >= 4 is 23.2 Å². The lowest BCUT2D eigenvalue weighted by molar-refractivity contribution is -0.153. The minimum Gasteiger partial charge on any atom is -0.508 e. The maximum absolute atomic E-state index is 14.6. The van der Waals surface area contributed by atoms with E-state index in [0.717, 1.165) is 12.5 Å². The number of halogens is 3. The molecule has 3 aliphatic carbocycles. The van der Waals surface area contributed by atoms with Crippen LogP contribution >= 0.6 is 0 Å². The molecule has 1 saturated carbocycles. The number of fused-ring (bicyclic) bond motifs is 3. The van der Waals surface area contributed by atoms with Crippen molar-refractivity contribution in [2.45, 2.75) is 43.6 Å². The van der Waals surface area contributed by atoms with Gasteiger partial charge in [0.1, 0.15) is 22.8 Å². The first kappa shape index (κ1) is 30.0. The summed E-state index contributed by atoms with van der Waals surface area (Å²) >= 11 is 0. The van der Waals surface area contributed by atoms with E-state index in [9.17, 15) is 48.0 Å². The van der Waals surface area contributed by atoms with E-state index in [4.69, 9.17) is 10.5 Å². The lowest BCUT2D eigenvalue weighted by atomic mass is 9.57. The van der Waals surface area contributed by atoms with Crippen molar-refractivity contribution < 1.29 is 52.7 Å². The lowest BCUT2D eigenvalue weighted by Gasteiger charge is -2.50. The van der Waals surface area contributed by atoms with Crippen LogP contribution < -0.4 is 11.1 Å². The third-order valence-electron chi connectivity index (χ3n) is 8.86. The number of ketones is 2. The molecule has 5 rings (SSSR count). The minimum atomic E-state index is -4.90. The summed E-state index contributed by atoms with van der Waals surface area (Å²) in [5, 5.41) is 47.5. The fourth-order valence-corrected chi connectivity index (χ4v) is 7.03. The molecule has 7 N–H and O–H groups in total. The molecule has 1 saturated heterocycles. The maximum atomic E-state index is 14.6. The average molecular weight is 596 g/mol. The summed E-state index contributed by atoms with van der Waals surface area (Å²) in [6.45, 7) is 1.22. The molecule has 0 bridgehead atoms. The van der Waals surface area contributed by atoms with Crippen molar-refractivity contribution in [1.82, 2.24) is 10.2 Å². The summed E-state index contributed by atoms with van der Waals surface area (Å²) in [6, 6.07) is -0.459. The number of phenols is 1. The second kappa shape index (κ2) is 10.4. The molecular formula is C28H32F3N3O8. The quantitative estimate of drug-likeness (QED) is 0.261. The van der Waals surface area contributed by atoms with Gasteiger partial charge in [-0.1, -0.05) is 0 Å². The third-order valence-corrected chi connectivity index (χ3v) is 8.86. The molecule has 2 fully saturated rings. The predicted molar refractivity (Wildman–Crippen MR) is 140 cm³/mol. The molecule has 228 valence electrons. The number of aliphatic hydroxyl groups excluding tert-OH is 2. The van der Waals surface area contributed by atoms with Gasteiger partial charge in [0, 0.05) is 31.2 Å². The van der Waals surface area contributed by atoms with E-state index in [1.165, 1.54) is 19.0 Å². The number of Topliss-reactive ketones (excluding diaryl/α,β-unsaturated/α-hetero) is 2. The van der Waals surface area contributed by atoms with Gasteiger partial charge in [-0.25, -0.2) is 0 Å². The molecule has 0 aromatic heterocycles. The van der Waals surface area contributed by atoms with Crippen molar-refractivity contribution in [3.05, 3.63) is 45.2 Å². The number of carbonyl (C=O) groups is 3. The van der Waals surface area contributed by atoms with Gasteiger partial charge < -0.3 is 36.2 Å². The highest BCUT2D eigenvalue weighted by atomic mass is 19.4. The normalized spacial score (nSPS) is 29.6. The van der Waals surface area contributed by atoms with Crippen LogP contribution in [0.15, 0.2) is 23.0 Å². The molecule has 4 aliphatic rings. The van der Waals surface area contributed by atoms with Crippen molar-refractivity contribution in [2.75, 3.05) is 33.9 Å². The van der Waals surface area contributed by atoms with Gasteiger partial charge >= 0.3 is 6.18 Å². The number of hydrogen-bond donors (Lipinski definition) is 6. The zero-order chi connectivity index (χ0) is 30.9. The molecule has 1 unspecified atom stereocenters. The molecule has 1 aromatic carbocycles. The number of aliphatic hydroxyl groups is 3. The van der Waals surface area contributed by atoms with Gasteiger partial charge in [0.2, 0.25) is 5.78 Å². The Morgan fingerprint density at radius 3 is 2.50 bits per heavy atom. The number of ether oxygens (including phenoxy) is 1. The number of nitrogens with one attached hydrogen (secondary N) is 1. The molecule has 42 heavy (non-hydrogen) atoms. The number of primary amides is 1.